The van der Waals surface area contributed by atoms with Gasteiger partial charge in [-0.05, 0) is 17.5 Å². The number of ketones is 1. The number of hydrogen-bond acceptors (Lipinski definition) is 4. The average molecular weight is 359 g/mol. The monoisotopic (exact) mass is 358 g/mol. The van der Waals surface area contributed by atoms with Crippen LogP contribution in [0.1, 0.15) is 36.7 Å². The van der Waals surface area contributed by atoms with Gasteiger partial charge in [-0.15, -0.1) is 0 Å². The average Bonchev–Trinajstić information content (AvgIpc) is 2.44. The van der Waals surface area contributed by atoms with Crippen molar-refractivity contribution in [1.29, 1.82) is 0 Å². The summed E-state index contributed by atoms with van der Waals surface area (Å²) < 4.78 is 16.2. The molecule has 1 aromatic rings. The third kappa shape index (κ3) is 4.71. The highest BCUT2D eigenvalue weighted by molar-refractivity contribution is 9.09. The van der Waals surface area contributed by atoms with E-state index in [1.54, 1.807) is 20.3 Å². The van der Waals surface area contributed by atoms with Crippen LogP contribution in [0, 0.1) is 0 Å². The maximum atomic E-state index is 12.0. The normalized spacial score (nSPS) is 11.3. The van der Waals surface area contributed by atoms with E-state index < -0.39 is 0 Å². The van der Waals surface area contributed by atoms with Crippen LogP contribution in [-0.4, -0.2) is 38.5 Å². The first kappa shape index (κ1) is 18.0. The summed E-state index contributed by atoms with van der Waals surface area (Å²) in [7, 11) is 3.23. The quantitative estimate of drug-likeness (QED) is 0.424. The number of methoxy groups -OCH3 is 2. The Labute approximate surface area is 134 Å². The lowest BCUT2D eigenvalue weighted by atomic mass is 9.84. The van der Waals surface area contributed by atoms with Crippen LogP contribution in [-0.2, 0) is 10.2 Å². The zero-order chi connectivity index (χ0) is 16.0. The molecular formula is C16H23BrO4. The molecule has 0 saturated carbocycles. The second kappa shape index (κ2) is 7.80. The minimum atomic E-state index is -0.159. The summed E-state index contributed by atoms with van der Waals surface area (Å²) in [5.74, 6) is 1.26. The third-order valence-electron chi connectivity index (χ3n) is 3.06. The standard InChI is InChI=1S/C16H23BrO4/c1-16(2,3)12-8-11(13(18)10-17)9-14(15(12)20-5)21-7-6-19-4/h8-9H,6-7,10H2,1-5H3. The second-order valence-corrected chi connectivity index (χ2v) is 6.26. The Hall–Kier alpha value is -1.07. The Kier molecular flexibility index (Phi) is 6.68. The van der Waals surface area contributed by atoms with Crippen molar-refractivity contribution < 1.29 is 19.0 Å². The summed E-state index contributed by atoms with van der Waals surface area (Å²) >= 11 is 3.21. The van der Waals surface area contributed by atoms with Crippen LogP contribution in [0.25, 0.3) is 0 Å². The molecule has 0 unspecified atom stereocenters. The predicted octanol–water partition coefficient (Wildman–Crippen LogP) is 3.60. The maximum absolute atomic E-state index is 12.0. The first-order chi connectivity index (χ1) is 9.85. The fourth-order valence-corrected chi connectivity index (χ4v) is 2.27. The molecule has 0 atom stereocenters. The number of carbonyl (C=O) groups is 1. The topological polar surface area (TPSA) is 44.8 Å². The minimum Gasteiger partial charge on any atom is -0.493 e. The lowest BCUT2D eigenvalue weighted by Crippen LogP contribution is -2.16. The molecule has 0 heterocycles. The molecule has 4 nitrogen and oxygen atoms in total. The highest BCUT2D eigenvalue weighted by Gasteiger charge is 2.24. The largest absolute Gasteiger partial charge is 0.493 e. The van der Waals surface area contributed by atoms with Gasteiger partial charge in [0, 0.05) is 18.2 Å². The predicted molar refractivity (Wildman–Crippen MR) is 87.2 cm³/mol. The van der Waals surface area contributed by atoms with Crippen LogP contribution < -0.4 is 9.47 Å². The molecule has 0 aliphatic rings. The Bertz CT molecular complexity index is 492. The molecule has 118 valence electrons. The SMILES string of the molecule is COCCOc1cc(C(=O)CBr)cc(C(C)(C)C)c1OC. The summed E-state index contributed by atoms with van der Waals surface area (Å²) in [6.45, 7) is 7.11. The molecule has 21 heavy (non-hydrogen) atoms. The fourth-order valence-electron chi connectivity index (χ4n) is 1.95. The lowest BCUT2D eigenvalue weighted by molar-refractivity contribution is 0.102. The molecule has 0 amide bonds. The van der Waals surface area contributed by atoms with Crippen LogP contribution in [0.5, 0.6) is 11.5 Å². The number of Topliss-reactive ketones (excluding diaryl/α,β-unsaturated/α-hetero) is 1. The van der Waals surface area contributed by atoms with Gasteiger partial charge in [-0.2, -0.15) is 0 Å². The van der Waals surface area contributed by atoms with Crippen molar-refractivity contribution in [2.75, 3.05) is 32.8 Å². The number of benzene rings is 1. The molecule has 5 heteroatoms. The molecule has 0 bridgehead atoms. The number of rotatable bonds is 7. The summed E-state index contributed by atoms with van der Waals surface area (Å²) in [5.41, 5.74) is 1.40. The van der Waals surface area contributed by atoms with Crippen LogP contribution in [0.2, 0.25) is 0 Å². The summed E-state index contributed by atoms with van der Waals surface area (Å²) in [5, 5.41) is 0.278. The zero-order valence-corrected chi connectivity index (χ0v) is 14.9. The Morgan fingerprint density at radius 2 is 1.86 bits per heavy atom. The van der Waals surface area contributed by atoms with Crippen molar-refractivity contribution in [3.05, 3.63) is 23.3 Å². The van der Waals surface area contributed by atoms with Crippen molar-refractivity contribution in [2.45, 2.75) is 26.2 Å². The van der Waals surface area contributed by atoms with Crippen molar-refractivity contribution in [1.82, 2.24) is 0 Å². The van der Waals surface area contributed by atoms with Gasteiger partial charge in [-0.3, -0.25) is 4.79 Å². The van der Waals surface area contributed by atoms with Crippen molar-refractivity contribution in [2.24, 2.45) is 0 Å². The third-order valence-corrected chi connectivity index (χ3v) is 3.56. The van der Waals surface area contributed by atoms with E-state index >= 15 is 0 Å². The van der Waals surface area contributed by atoms with E-state index in [0.717, 1.165) is 5.56 Å². The van der Waals surface area contributed by atoms with Crippen LogP contribution >= 0.6 is 15.9 Å². The van der Waals surface area contributed by atoms with Gasteiger partial charge >= 0.3 is 0 Å². The van der Waals surface area contributed by atoms with Crippen molar-refractivity contribution in [3.8, 4) is 11.5 Å². The second-order valence-electron chi connectivity index (χ2n) is 5.70. The molecule has 0 aliphatic heterocycles. The van der Waals surface area contributed by atoms with Gasteiger partial charge in [0.2, 0.25) is 0 Å². The molecule has 0 N–H and O–H groups in total. The zero-order valence-electron chi connectivity index (χ0n) is 13.3. The highest BCUT2D eigenvalue weighted by Crippen LogP contribution is 2.39. The van der Waals surface area contributed by atoms with E-state index in [1.165, 1.54) is 0 Å². The van der Waals surface area contributed by atoms with Crippen LogP contribution in [0.4, 0.5) is 0 Å². The molecule has 0 aliphatic carbocycles. The molecule has 0 aromatic heterocycles. The van der Waals surface area contributed by atoms with E-state index in [-0.39, 0.29) is 16.5 Å². The molecule has 1 aromatic carbocycles. The highest BCUT2D eigenvalue weighted by atomic mass is 79.9. The van der Waals surface area contributed by atoms with E-state index in [4.69, 9.17) is 14.2 Å². The van der Waals surface area contributed by atoms with Gasteiger partial charge < -0.3 is 14.2 Å². The number of carbonyl (C=O) groups excluding carboxylic acids is 1. The van der Waals surface area contributed by atoms with Crippen molar-refractivity contribution in [3.63, 3.8) is 0 Å². The molecule has 0 radical (unpaired) electrons. The summed E-state index contributed by atoms with van der Waals surface area (Å²) in [4.78, 5) is 12.0. The van der Waals surface area contributed by atoms with E-state index in [1.807, 2.05) is 6.07 Å². The van der Waals surface area contributed by atoms with E-state index in [0.29, 0.717) is 30.3 Å². The molecule has 0 spiro atoms. The van der Waals surface area contributed by atoms with E-state index in [9.17, 15) is 4.79 Å². The number of alkyl halides is 1. The number of hydrogen-bond donors (Lipinski definition) is 0. The Balaban J connectivity index is 3.34. The fraction of sp³-hybridized carbons (Fsp3) is 0.562. The lowest BCUT2D eigenvalue weighted by Gasteiger charge is -2.25. The van der Waals surface area contributed by atoms with Crippen LogP contribution in [0.15, 0.2) is 12.1 Å². The van der Waals surface area contributed by atoms with Gasteiger partial charge in [0.25, 0.3) is 0 Å². The minimum absolute atomic E-state index is 0.0137. The van der Waals surface area contributed by atoms with Crippen LogP contribution in [0.3, 0.4) is 0 Å². The number of ether oxygens (including phenoxy) is 3. The van der Waals surface area contributed by atoms with E-state index in [2.05, 4.69) is 36.7 Å². The van der Waals surface area contributed by atoms with Gasteiger partial charge in [0.1, 0.15) is 6.61 Å². The summed E-state index contributed by atoms with van der Waals surface area (Å²) in [6, 6.07) is 3.61. The molecule has 1 rings (SSSR count). The first-order valence-corrected chi connectivity index (χ1v) is 7.90. The van der Waals surface area contributed by atoms with Gasteiger partial charge in [-0.25, -0.2) is 0 Å². The van der Waals surface area contributed by atoms with Gasteiger partial charge in [0.15, 0.2) is 17.3 Å². The molecular weight excluding hydrogens is 336 g/mol. The molecule has 0 saturated heterocycles. The summed E-state index contributed by atoms with van der Waals surface area (Å²) in [6.07, 6.45) is 0. The Morgan fingerprint density at radius 1 is 1.19 bits per heavy atom. The smallest absolute Gasteiger partial charge is 0.173 e. The Morgan fingerprint density at radius 3 is 2.33 bits per heavy atom. The van der Waals surface area contributed by atoms with Gasteiger partial charge in [-0.1, -0.05) is 36.7 Å². The maximum Gasteiger partial charge on any atom is 0.173 e. The van der Waals surface area contributed by atoms with Gasteiger partial charge in [0.05, 0.1) is 19.0 Å². The number of halogens is 1. The first-order valence-electron chi connectivity index (χ1n) is 6.78. The van der Waals surface area contributed by atoms with Crippen molar-refractivity contribution >= 4 is 21.7 Å². The molecule has 0 fully saturated rings.